The van der Waals surface area contributed by atoms with E-state index in [1.165, 1.54) is 22.6 Å². The largest absolute Gasteiger partial charge is 0.324 e. The molecule has 0 unspecified atom stereocenters. The van der Waals surface area contributed by atoms with Crippen LogP contribution in [0, 0.1) is 5.82 Å². The highest BCUT2D eigenvalue weighted by Crippen LogP contribution is 2.37. The highest BCUT2D eigenvalue weighted by molar-refractivity contribution is 7.99. The first kappa shape index (κ1) is 18.7. The predicted molar refractivity (Wildman–Crippen MR) is 112 cm³/mol. The van der Waals surface area contributed by atoms with E-state index in [0.29, 0.717) is 5.69 Å². The number of carbonyl (C=O) groups excluding carboxylic acids is 1. The SMILES string of the molecule is O=C(Nc1ccc(F)cc1)[C@@H](N[C@@H]1CCSc2ccccc21)c1ccccc1. The molecular weight excluding hydrogens is 371 g/mol. The summed E-state index contributed by atoms with van der Waals surface area (Å²) < 4.78 is 13.2. The molecule has 28 heavy (non-hydrogen) atoms. The summed E-state index contributed by atoms with van der Waals surface area (Å²) in [5.74, 6) is 0.524. The van der Waals surface area contributed by atoms with Crippen LogP contribution >= 0.6 is 11.8 Å². The van der Waals surface area contributed by atoms with Gasteiger partial charge in [0.25, 0.3) is 0 Å². The van der Waals surface area contributed by atoms with Gasteiger partial charge in [-0.15, -0.1) is 11.8 Å². The van der Waals surface area contributed by atoms with Crippen LogP contribution in [-0.2, 0) is 4.79 Å². The van der Waals surface area contributed by atoms with E-state index in [-0.39, 0.29) is 17.8 Å². The Morgan fingerprint density at radius 2 is 1.68 bits per heavy atom. The van der Waals surface area contributed by atoms with Crippen LogP contribution in [0.2, 0.25) is 0 Å². The molecule has 0 aliphatic carbocycles. The first-order valence-electron chi connectivity index (χ1n) is 9.30. The van der Waals surface area contributed by atoms with Crippen molar-refractivity contribution in [3.05, 3.63) is 95.8 Å². The molecule has 1 aliphatic rings. The zero-order chi connectivity index (χ0) is 19.3. The van der Waals surface area contributed by atoms with Gasteiger partial charge < -0.3 is 5.32 Å². The van der Waals surface area contributed by atoms with Crippen molar-refractivity contribution in [2.75, 3.05) is 11.1 Å². The molecule has 0 saturated carbocycles. The minimum Gasteiger partial charge on any atom is -0.324 e. The number of benzene rings is 3. The fraction of sp³-hybridized carbons (Fsp3) is 0.174. The molecule has 2 atom stereocenters. The number of rotatable bonds is 5. The Hall–Kier alpha value is -2.63. The van der Waals surface area contributed by atoms with Crippen molar-refractivity contribution in [2.24, 2.45) is 0 Å². The molecule has 3 nitrogen and oxygen atoms in total. The predicted octanol–water partition coefficient (Wildman–Crippen LogP) is 5.33. The van der Waals surface area contributed by atoms with Gasteiger partial charge in [0.05, 0.1) is 0 Å². The summed E-state index contributed by atoms with van der Waals surface area (Å²) in [6.07, 6.45) is 0.953. The third-order valence-corrected chi connectivity index (χ3v) is 5.96. The second-order valence-corrected chi connectivity index (χ2v) is 7.87. The molecular formula is C23H21FN2OS. The summed E-state index contributed by atoms with van der Waals surface area (Å²) in [4.78, 5) is 14.4. The summed E-state index contributed by atoms with van der Waals surface area (Å²) in [6.45, 7) is 0. The average molecular weight is 392 g/mol. The second-order valence-electron chi connectivity index (χ2n) is 6.73. The lowest BCUT2D eigenvalue weighted by atomic mass is 9.99. The summed E-state index contributed by atoms with van der Waals surface area (Å²) >= 11 is 1.85. The summed E-state index contributed by atoms with van der Waals surface area (Å²) in [5, 5.41) is 6.47. The molecule has 0 radical (unpaired) electrons. The topological polar surface area (TPSA) is 41.1 Å². The fourth-order valence-electron chi connectivity index (χ4n) is 3.43. The molecule has 1 amide bonds. The number of hydrogen-bond acceptors (Lipinski definition) is 3. The van der Waals surface area contributed by atoms with Crippen molar-refractivity contribution < 1.29 is 9.18 Å². The molecule has 5 heteroatoms. The first-order valence-corrected chi connectivity index (χ1v) is 10.3. The molecule has 0 spiro atoms. The van der Waals surface area contributed by atoms with Gasteiger partial charge in [0.1, 0.15) is 11.9 Å². The average Bonchev–Trinajstić information content (AvgIpc) is 2.74. The number of amides is 1. The Bertz CT molecular complexity index is 946. The van der Waals surface area contributed by atoms with Gasteiger partial charge in [-0.1, -0.05) is 48.5 Å². The third kappa shape index (κ3) is 4.26. The number of fused-ring (bicyclic) bond motifs is 1. The second kappa shape index (κ2) is 8.59. The monoisotopic (exact) mass is 392 g/mol. The van der Waals surface area contributed by atoms with Gasteiger partial charge in [-0.25, -0.2) is 4.39 Å². The van der Waals surface area contributed by atoms with Crippen molar-refractivity contribution in [3.63, 3.8) is 0 Å². The molecule has 0 fully saturated rings. The van der Waals surface area contributed by atoms with Gasteiger partial charge in [0, 0.05) is 16.6 Å². The molecule has 4 rings (SSSR count). The minimum atomic E-state index is -0.507. The molecule has 0 bridgehead atoms. The molecule has 1 aliphatic heterocycles. The van der Waals surface area contributed by atoms with E-state index in [1.54, 1.807) is 12.1 Å². The Balaban J connectivity index is 1.60. The number of hydrogen-bond donors (Lipinski definition) is 2. The van der Waals surface area contributed by atoms with Crippen molar-refractivity contribution in [1.29, 1.82) is 0 Å². The fourth-order valence-corrected chi connectivity index (χ4v) is 4.56. The smallest absolute Gasteiger partial charge is 0.246 e. The number of anilines is 1. The first-order chi connectivity index (χ1) is 13.7. The highest BCUT2D eigenvalue weighted by Gasteiger charge is 2.27. The Morgan fingerprint density at radius 1 is 0.964 bits per heavy atom. The normalized spacial score (nSPS) is 16.8. The van der Waals surface area contributed by atoms with E-state index in [0.717, 1.165) is 17.7 Å². The van der Waals surface area contributed by atoms with Crippen molar-refractivity contribution in [2.45, 2.75) is 23.4 Å². The maximum Gasteiger partial charge on any atom is 0.246 e. The maximum atomic E-state index is 13.2. The van der Waals surface area contributed by atoms with Crippen molar-refractivity contribution in [1.82, 2.24) is 5.32 Å². The standard InChI is InChI=1S/C23H21FN2OS/c24-17-10-12-18(13-11-17)25-23(27)22(16-6-2-1-3-7-16)26-20-14-15-28-21-9-5-4-8-19(20)21/h1-13,20,22,26H,14-15H2,(H,25,27)/t20-,22+/m1/s1. The molecule has 142 valence electrons. The van der Waals surface area contributed by atoms with E-state index in [9.17, 15) is 9.18 Å². The molecule has 3 aromatic carbocycles. The highest BCUT2D eigenvalue weighted by atomic mass is 32.2. The summed E-state index contributed by atoms with van der Waals surface area (Å²) in [5.41, 5.74) is 2.71. The van der Waals surface area contributed by atoms with Crippen LogP contribution in [0.3, 0.4) is 0 Å². The third-order valence-electron chi connectivity index (χ3n) is 4.83. The van der Waals surface area contributed by atoms with Crippen LogP contribution in [-0.4, -0.2) is 11.7 Å². The van der Waals surface area contributed by atoms with Crippen molar-refractivity contribution in [3.8, 4) is 0 Å². The van der Waals surface area contributed by atoms with E-state index in [1.807, 2.05) is 54.2 Å². The van der Waals surface area contributed by atoms with Crippen LogP contribution < -0.4 is 10.6 Å². The Kier molecular flexibility index (Phi) is 5.74. The molecule has 2 N–H and O–H groups in total. The van der Waals surface area contributed by atoms with Crippen LogP contribution in [0.15, 0.2) is 83.8 Å². The van der Waals surface area contributed by atoms with Gasteiger partial charge in [-0.2, -0.15) is 0 Å². The van der Waals surface area contributed by atoms with E-state index >= 15 is 0 Å². The number of halogens is 1. The van der Waals surface area contributed by atoms with Crippen LogP contribution in [0.1, 0.15) is 29.6 Å². The van der Waals surface area contributed by atoms with Gasteiger partial charge >= 0.3 is 0 Å². The summed E-state index contributed by atoms with van der Waals surface area (Å²) in [6, 6.07) is 23.5. The molecule has 1 heterocycles. The van der Waals surface area contributed by atoms with E-state index in [4.69, 9.17) is 0 Å². The lowest BCUT2D eigenvalue weighted by Crippen LogP contribution is -2.36. The van der Waals surface area contributed by atoms with Gasteiger partial charge in [0.15, 0.2) is 0 Å². The lowest BCUT2D eigenvalue weighted by Gasteiger charge is -2.30. The summed E-state index contributed by atoms with van der Waals surface area (Å²) in [7, 11) is 0. The minimum absolute atomic E-state index is 0.0987. The van der Waals surface area contributed by atoms with Crippen LogP contribution in [0.4, 0.5) is 10.1 Å². The van der Waals surface area contributed by atoms with Gasteiger partial charge in [-0.3, -0.25) is 10.1 Å². The quantitative estimate of drug-likeness (QED) is 0.616. The van der Waals surface area contributed by atoms with Crippen molar-refractivity contribution >= 4 is 23.4 Å². The lowest BCUT2D eigenvalue weighted by molar-refractivity contribution is -0.118. The Morgan fingerprint density at radius 3 is 2.46 bits per heavy atom. The van der Waals surface area contributed by atoms with Gasteiger partial charge in [0.2, 0.25) is 5.91 Å². The molecule has 0 aromatic heterocycles. The number of nitrogens with one attached hydrogen (secondary N) is 2. The van der Waals surface area contributed by atoms with Crippen LogP contribution in [0.25, 0.3) is 0 Å². The van der Waals surface area contributed by atoms with E-state index < -0.39 is 6.04 Å². The van der Waals surface area contributed by atoms with Gasteiger partial charge in [-0.05, 0) is 53.6 Å². The Labute approximate surface area is 168 Å². The van der Waals surface area contributed by atoms with E-state index in [2.05, 4.69) is 22.8 Å². The maximum absolute atomic E-state index is 13.2. The molecule has 0 saturated heterocycles. The molecule has 3 aromatic rings. The zero-order valence-electron chi connectivity index (χ0n) is 15.3. The number of carbonyl (C=O) groups is 1. The zero-order valence-corrected chi connectivity index (χ0v) is 16.1. The van der Waals surface area contributed by atoms with Crippen LogP contribution in [0.5, 0.6) is 0 Å². The number of thioether (sulfide) groups is 1.